The largest absolute Gasteiger partial charge is 0.457 e. The first-order valence-corrected chi connectivity index (χ1v) is 12.0. The van der Waals surface area contributed by atoms with Gasteiger partial charge in [-0.3, -0.25) is 9.59 Å². The molecule has 1 aromatic heterocycles. The van der Waals surface area contributed by atoms with Crippen LogP contribution in [-0.2, 0) is 0 Å². The summed E-state index contributed by atoms with van der Waals surface area (Å²) in [4.78, 5) is 30.1. The van der Waals surface area contributed by atoms with Gasteiger partial charge in [-0.1, -0.05) is 18.7 Å². The minimum absolute atomic E-state index is 0.0916. The second kappa shape index (κ2) is 11.6. The standard InChI is InChI=1S/C29H29FN4O4/c1-18-6-7-25(30)27(12-18)33-28(36)20-4-3-5-23(14-20)38-24(8-10-31)13-19(2)26-15-21(16-32-26)29(37)34-11-9-22(35)17-34/h3-8,10,12-16,22,32,35H,2,9,11,17,31H2,1H3,(H,33,36)/b10-8-,24-13+/t22-/m0/s1. The molecule has 196 valence electrons. The molecule has 2 heterocycles. The van der Waals surface area contributed by atoms with Gasteiger partial charge in [-0.25, -0.2) is 4.39 Å². The topological polar surface area (TPSA) is 121 Å². The summed E-state index contributed by atoms with van der Waals surface area (Å²) in [6, 6.07) is 12.6. The van der Waals surface area contributed by atoms with Gasteiger partial charge in [0.15, 0.2) is 0 Å². The summed E-state index contributed by atoms with van der Waals surface area (Å²) in [6.07, 6.45) is 6.14. The molecular formula is C29H29FN4O4. The van der Waals surface area contributed by atoms with E-state index in [-0.39, 0.29) is 17.2 Å². The number of carbonyl (C=O) groups is 2. The maximum atomic E-state index is 14.1. The van der Waals surface area contributed by atoms with Gasteiger partial charge in [0.1, 0.15) is 17.3 Å². The highest BCUT2D eigenvalue weighted by Crippen LogP contribution is 2.23. The highest BCUT2D eigenvalue weighted by molar-refractivity contribution is 6.04. The normalized spacial score (nSPS) is 15.6. The van der Waals surface area contributed by atoms with Crippen molar-refractivity contribution in [2.75, 3.05) is 18.4 Å². The van der Waals surface area contributed by atoms with Gasteiger partial charge in [-0.2, -0.15) is 0 Å². The van der Waals surface area contributed by atoms with E-state index in [4.69, 9.17) is 10.5 Å². The van der Waals surface area contributed by atoms with Crippen molar-refractivity contribution in [3.8, 4) is 5.75 Å². The third-order valence-electron chi connectivity index (χ3n) is 6.01. The van der Waals surface area contributed by atoms with E-state index < -0.39 is 17.8 Å². The number of hydrogen-bond acceptors (Lipinski definition) is 5. The molecule has 1 aliphatic rings. The van der Waals surface area contributed by atoms with Gasteiger partial charge < -0.3 is 30.8 Å². The highest BCUT2D eigenvalue weighted by atomic mass is 19.1. The number of carbonyl (C=O) groups excluding carboxylic acids is 2. The summed E-state index contributed by atoms with van der Waals surface area (Å²) >= 11 is 0. The molecule has 38 heavy (non-hydrogen) atoms. The lowest BCUT2D eigenvalue weighted by Crippen LogP contribution is -2.29. The van der Waals surface area contributed by atoms with Crippen molar-refractivity contribution >= 4 is 23.1 Å². The number of aliphatic hydroxyl groups is 1. The van der Waals surface area contributed by atoms with E-state index in [1.165, 1.54) is 24.4 Å². The van der Waals surface area contributed by atoms with Crippen LogP contribution in [0.5, 0.6) is 5.75 Å². The number of aromatic nitrogens is 1. The summed E-state index contributed by atoms with van der Waals surface area (Å²) < 4.78 is 20.0. The Labute approximate surface area is 219 Å². The fourth-order valence-corrected chi connectivity index (χ4v) is 4.03. The van der Waals surface area contributed by atoms with Crippen LogP contribution in [0, 0.1) is 12.7 Å². The molecule has 0 radical (unpaired) electrons. The predicted octanol–water partition coefficient (Wildman–Crippen LogP) is 4.37. The highest BCUT2D eigenvalue weighted by Gasteiger charge is 2.26. The number of nitrogens with zero attached hydrogens (tertiary/aromatic N) is 1. The number of aliphatic hydroxyl groups excluding tert-OH is 1. The molecule has 8 nitrogen and oxygen atoms in total. The lowest BCUT2D eigenvalue weighted by atomic mass is 10.1. The van der Waals surface area contributed by atoms with Gasteiger partial charge in [-0.15, -0.1) is 0 Å². The molecule has 5 N–H and O–H groups in total. The zero-order valence-corrected chi connectivity index (χ0v) is 20.9. The van der Waals surface area contributed by atoms with Crippen LogP contribution in [0.1, 0.15) is 38.4 Å². The second-order valence-corrected chi connectivity index (χ2v) is 8.99. The molecule has 1 fully saturated rings. The van der Waals surface area contributed by atoms with E-state index >= 15 is 0 Å². The van der Waals surface area contributed by atoms with Crippen LogP contribution >= 0.6 is 0 Å². The van der Waals surface area contributed by atoms with Gasteiger partial charge in [0.25, 0.3) is 11.8 Å². The summed E-state index contributed by atoms with van der Waals surface area (Å²) in [5.41, 5.74) is 8.38. The van der Waals surface area contributed by atoms with Gasteiger partial charge in [0, 0.05) is 30.5 Å². The number of H-pyrrole nitrogens is 1. The fourth-order valence-electron chi connectivity index (χ4n) is 4.03. The van der Waals surface area contributed by atoms with Crippen LogP contribution in [0.25, 0.3) is 5.57 Å². The average molecular weight is 517 g/mol. The van der Waals surface area contributed by atoms with Gasteiger partial charge in [-0.05, 0) is 79.2 Å². The van der Waals surface area contributed by atoms with Crippen LogP contribution in [0.15, 0.2) is 85.4 Å². The Hall–Kier alpha value is -4.63. The maximum absolute atomic E-state index is 14.1. The molecule has 2 aromatic carbocycles. The molecule has 0 saturated carbocycles. The van der Waals surface area contributed by atoms with Crippen molar-refractivity contribution in [1.82, 2.24) is 9.88 Å². The smallest absolute Gasteiger partial charge is 0.255 e. The molecule has 1 atom stereocenters. The Morgan fingerprint density at radius 3 is 2.79 bits per heavy atom. The zero-order valence-electron chi connectivity index (χ0n) is 20.9. The minimum Gasteiger partial charge on any atom is -0.457 e. The van der Waals surface area contributed by atoms with E-state index in [9.17, 15) is 19.1 Å². The van der Waals surface area contributed by atoms with Crippen molar-refractivity contribution in [3.63, 3.8) is 0 Å². The molecule has 0 spiro atoms. The number of aromatic amines is 1. The molecule has 0 bridgehead atoms. The molecule has 4 rings (SSSR count). The zero-order chi connectivity index (χ0) is 27.2. The van der Waals surface area contributed by atoms with Crippen molar-refractivity contribution in [1.29, 1.82) is 0 Å². The van der Waals surface area contributed by atoms with Crippen molar-refractivity contribution < 1.29 is 23.8 Å². The molecular weight excluding hydrogens is 487 g/mol. The number of halogens is 1. The van der Waals surface area contributed by atoms with E-state index in [1.807, 2.05) is 0 Å². The van der Waals surface area contributed by atoms with Crippen molar-refractivity contribution in [2.24, 2.45) is 5.73 Å². The van der Waals surface area contributed by atoms with Gasteiger partial charge in [0.2, 0.25) is 0 Å². The number of ether oxygens (including phenoxy) is 1. The Morgan fingerprint density at radius 2 is 2.05 bits per heavy atom. The molecule has 0 aliphatic carbocycles. The number of likely N-dealkylation sites (tertiary alicyclic amines) is 1. The lowest BCUT2D eigenvalue weighted by Gasteiger charge is -2.14. The van der Waals surface area contributed by atoms with Crippen molar-refractivity contribution in [3.05, 3.63) is 114 Å². The monoisotopic (exact) mass is 516 g/mol. The summed E-state index contributed by atoms with van der Waals surface area (Å²) in [5.74, 6) is -0.488. The fraction of sp³-hybridized carbons (Fsp3) is 0.172. The Morgan fingerprint density at radius 1 is 1.24 bits per heavy atom. The summed E-state index contributed by atoms with van der Waals surface area (Å²) in [5, 5.41) is 12.3. The number of benzene rings is 2. The van der Waals surface area contributed by atoms with Crippen molar-refractivity contribution in [2.45, 2.75) is 19.4 Å². The summed E-state index contributed by atoms with van der Waals surface area (Å²) in [6.45, 7) is 6.69. The molecule has 0 unspecified atom stereocenters. The van der Waals surface area contributed by atoms with Gasteiger partial charge in [0.05, 0.1) is 17.4 Å². The third-order valence-corrected chi connectivity index (χ3v) is 6.01. The maximum Gasteiger partial charge on any atom is 0.255 e. The molecule has 1 aliphatic heterocycles. The molecule has 3 aromatic rings. The number of hydrogen-bond donors (Lipinski definition) is 4. The Bertz CT molecular complexity index is 1430. The quantitative estimate of drug-likeness (QED) is 0.262. The number of nitrogens with two attached hydrogens (primary N) is 1. The first kappa shape index (κ1) is 26.4. The van der Waals surface area contributed by atoms with Crippen LogP contribution in [0.4, 0.5) is 10.1 Å². The van der Waals surface area contributed by atoms with Crippen LogP contribution in [-0.4, -0.2) is 46.0 Å². The summed E-state index contributed by atoms with van der Waals surface area (Å²) in [7, 11) is 0. The molecule has 2 amide bonds. The number of nitrogens with one attached hydrogen (secondary N) is 2. The first-order valence-electron chi connectivity index (χ1n) is 12.0. The van der Waals surface area contributed by atoms with Gasteiger partial charge >= 0.3 is 0 Å². The SMILES string of the molecule is C=C(/C=C(\C=C/N)Oc1cccc(C(=O)Nc2cc(C)ccc2F)c1)c1cc(C(=O)N2CC[C@H](O)C2)c[nH]1. The number of aryl methyl sites for hydroxylation is 1. The third kappa shape index (κ3) is 6.37. The molecule has 1 saturated heterocycles. The number of β-amino-alcohol motifs (C(OH)–C–C–N with tert-alkyl or cyclic N) is 1. The number of rotatable bonds is 8. The number of amides is 2. The first-order chi connectivity index (χ1) is 18.2. The Balaban J connectivity index is 1.47. The van der Waals surface area contributed by atoms with Crippen LogP contribution in [0.3, 0.4) is 0 Å². The second-order valence-electron chi connectivity index (χ2n) is 8.99. The lowest BCUT2D eigenvalue weighted by molar-refractivity contribution is 0.0765. The minimum atomic E-state index is -0.527. The average Bonchev–Trinajstić information content (AvgIpc) is 3.56. The molecule has 9 heteroatoms. The Kier molecular flexibility index (Phi) is 8.08. The van der Waals surface area contributed by atoms with E-state index in [1.54, 1.807) is 60.5 Å². The van der Waals surface area contributed by atoms with Crippen LogP contribution < -0.4 is 15.8 Å². The van der Waals surface area contributed by atoms with Crippen LogP contribution in [0.2, 0.25) is 0 Å². The van der Waals surface area contributed by atoms with E-state index in [2.05, 4.69) is 16.9 Å². The number of allylic oxidation sites excluding steroid dienone is 3. The van der Waals surface area contributed by atoms with E-state index in [0.29, 0.717) is 47.8 Å². The van der Waals surface area contributed by atoms with E-state index in [0.717, 1.165) is 5.56 Å². The number of anilines is 1. The predicted molar refractivity (Wildman–Crippen MR) is 144 cm³/mol.